The minimum atomic E-state index is -0.467. The fourth-order valence-corrected chi connectivity index (χ4v) is 2.81. The van der Waals surface area contributed by atoms with Gasteiger partial charge in [0.2, 0.25) is 11.9 Å². The Morgan fingerprint density at radius 1 is 1.09 bits per heavy atom. The lowest BCUT2D eigenvalue weighted by molar-refractivity contribution is 0.580. The zero-order valence-corrected chi connectivity index (χ0v) is 12.5. The first-order valence-electron chi connectivity index (χ1n) is 7.65. The lowest BCUT2D eigenvalue weighted by atomic mass is 10.1. The summed E-state index contributed by atoms with van der Waals surface area (Å²) in [5, 5.41) is 4.21. The van der Waals surface area contributed by atoms with Crippen LogP contribution in [0.15, 0.2) is 42.7 Å². The van der Waals surface area contributed by atoms with E-state index in [1.54, 1.807) is 18.3 Å². The monoisotopic (exact) mass is 309 g/mol. The van der Waals surface area contributed by atoms with Gasteiger partial charge < -0.3 is 10.2 Å². The molecule has 1 aromatic carbocycles. The maximum absolute atomic E-state index is 13.8. The number of pyridine rings is 1. The van der Waals surface area contributed by atoms with Gasteiger partial charge in [-0.2, -0.15) is 4.39 Å². The fraction of sp³-hybridized carbons (Fsp3) is 0.235. The van der Waals surface area contributed by atoms with Gasteiger partial charge in [-0.05, 0) is 29.8 Å². The van der Waals surface area contributed by atoms with Crippen LogP contribution >= 0.6 is 0 Å². The molecule has 5 nitrogen and oxygen atoms in total. The van der Waals surface area contributed by atoms with Crippen LogP contribution in [-0.2, 0) is 0 Å². The topological polar surface area (TPSA) is 53.9 Å². The molecule has 1 saturated heterocycles. The lowest BCUT2D eigenvalue weighted by Gasteiger charge is -2.27. The van der Waals surface area contributed by atoms with Crippen molar-refractivity contribution < 1.29 is 4.39 Å². The molecule has 1 N–H and O–H groups in total. The van der Waals surface area contributed by atoms with Crippen LogP contribution in [0.2, 0.25) is 0 Å². The third-order valence-corrected chi connectivity index (χ3v) is 4.04. The SMILES string of the molecule is Fc1ncccc1-c1ccc2nc(N3CCNCC3)ncc2c1. The summed E-state index contributed by atoms with van der Waals surface area (Å²) in [5.74, 6) is 0.282. The van der Waals surface area contributed by atoms with E-state index in [0.717, 1.165) is 48.6 Å². The van der Waals surface area contributed by atoms with E-state index in [1.807, 2.05) is 18.2 Å². The molecule has 4 rings (SSSR count). The van der Waals surface area contributed by atoms with Gasteiger partial charge in [-0.3, -0.25) is 0 Å². The van der Waals surface area contributed by atoms with Crippen LogP contribution in [0.1, 0.15) is 0 Å². The highest BCUT2D eigenvalue weighted by Crippen LogP contribution is 2.25. The third kappa shape index (κ3) is 2.73. The number of piperazine rings is 1. The Morgan fingerprint density at radius 2 is 1.96 bits per heavy atom. The number of rotatable bonds is 2. The second-order valence-electron chi connectivity index (χ2n) is 5.52. The minimum Gasteiger partial charge on any atom is -0.338 e. The van der Waals surface area contributed by atoms with Crippen molar-refractivity contribution in [2.45, 2.75) is 0 Å². The average Bonchev–Trinajstić information content (AvgIpc) is 2.62. The van der Waals surface area contributed by atoms with Gasteiger partial charge in [0.25, 0.3) is 0 Å². The van der Waals surface area contributed by atoms with Gasteiger partial charge in [0, 0.05) is 49.5 Å². The van der Waals surface area contributed by atoms with Gasteiger partial charge in [-0.1, -0.05) is 6.07 Å². The average molecular weight is 309 g/mol. The summed E-state index contributed by atoms with van der Waals surface area (Å²) < 4.78 is 13.8. The second kappa shape index (κ2) is 5.89. The van der Waals surface area contributed by atoms with Gasteiger partial charge in [-0.15, -0.1) is 0 Å². The van der Waals surface area contributed by atoms with Crippen LogP contribution in [0.5, 0.6) is 0 Å². The molecular formula is C17H16FN5. The van der Waals surface area contributed by atoms with Gasteiger partial charge in [0.15, 0.2) is 0 Å². The number of nitrogens with one attached hydrogen (secondary N) is 1. The number of aromatic nitrogens is 3. The Kier molecular flexibility index (Phi) is 3.59. The molecule has 23 heavy (non-hydrogen) atoms. The smallest absolute Gasteiger partial charge is 0.225 e. The molecular weight excluding hydrogens is 293 g/mol. The number of hydrogen-bond acceptors (Lipinski definition) is 5. The van der Waals surface area contributed by atoms with Crippen molar-refractivity contribution in [1.29, 1.82) is 0 Å². The normalized spacial score (nSPS) is 15.1. The van der Waals surface area contributed by atoms with Crippen molar-refractivity contribution in [2.75, 3.05) is 31.1 Å². The van der Waals surface area contributed by atoms with Crippen molar-refractivity contribution in [2.24, 2.45) is 0 Å². The maximum Gasteiger partial charge on any atom is 0.225 e. The first-order chi connectivity index (χ1) is 11.3. The van der Waals surface area contributed by atoms with E-state index < -0.39 is 5.95 Å². The molecule has 0 aliphatic carbocycles. The molecule has 1 fully saturated rings. The van der Waals surface area contributed by atoms with Crippen LogP contribution in [0.25, 0.3) is 22.0 Å². The van der Waals surface area contributed by atoms with Crippen LogP contribution in [0.4, 0.5) is 10.3 Å². The molecule has 0 radical (unpaired) electrons. The van der Waals surface area contributed by atoms with E-state index in [4.69, 9.17) is 0 Å². The molecule has 6 heteroatoms. The van der Waals surface area contributed by atoms with Gasteiger partial charge in [0.1, 0.15) is 0 Å². The van der Waals surface area contributed by atoms with Gasteiger partial charge >= 0.3 is 0 Å². The summed E-state index contributed by atoms with van der Waals surface area (Å²) in [7, 11) is 0. The highest BCUT2D eigenvalue weighted by atomic mass is 19.1. The van der Waals surface area contributed by atoms with Crippen LogP contribution in [-0.4, -0.2) is 41.1 Å². The third-order valence-electron chi connectivity index (χ3n) is 4.04. The molecule has 0 saturated carbocycles. The molecule has 0 amide bonds. The Labute approximate surface area is 133 Å². The summed E-state index contributed by atoms with van der Waals surface area (Å²) in [4.78, 5) is 15.0. The van der Waals surface area contributed by atoms with E-state index in [-0.39, 0.29) is 0 Å². The zero-order chi connectivity index (χ0) is 15.6. The molecule has 0 atom stereocenters. The number of hydrogen-bond donors (Lipinski definition) is 1. The number of benzene rings is 1. The van der Waals surface area contributed by atoms with Crippen molar-refractivity contribution in [3.8, 4) is 11.1 Å². The maximum atomic E-state index is 13.8. The van der Waals surface area contributed by atoms with Crippen LogP contribution < -0.4 is 10.2 Å². The van der Waals surface area contributed by atoms with Gasteiger partial charge in [-0.25, -0.2) is 15.0 Å². The first kappa shape index (κ1) is 14.0. The highest BCUT2D eigenvalue weighted by Gasteiger charge is 2.14. The molecule has 2 aromatic heterocycles. The molecule has 3 aromatic rings. The number of nitrogens with zero attached hydrogens (tertiary/aromatic N) is 4. The fourth-order valence-electron chi connectivity index (χ4n) is 2.81. The number of halogens is 1. The number of anilines is 1. The number of fused-ring (bicyclic) bond motifs is 1. The standard InChI is InChI=1S/C17H16FN5/c18-16-14(2-1-5-20-16)12-3-4-15-13(10-12)11-21-17(22-15)23-8-6-19-7-9-23/h1-5,10-11,19H,6-9H2. The molecule has 1 aliphatic rings. The Balaban J connectivity index is 1.72. The van der Waals surface area contributed by atoms with E-state index in [1.165, 1.54) is 6.20 Å². The van der Waals surface area contributed by atoms with Gasteiger partial charge in [0.05, 0.1) is 5.52 Å². The van der Waals surface area contributed by atoms with Crippen LogP contribution in [0, 0.1) is 5.95 Å². The molecule has 0 bridgehead atoms. The minimum absolute atomic E-state index is 0.467. The van der Waals surface area contributed by atoms with Crippen LogP contribution in [0.3, 0.4) is 0 Å². The highest BCUT2D eigenvalue weighted by molar-refractivity contribution is 5.84. The summed E-state index contributed by atoms with van der Waals surface area (Å²) in [6.07, 6.45) is 3.25. The second-order valence-corrected chi connectivity index (χ2v) is 5.52. The Bertz CT molecular complexity index is 845. The lowest BCUT2D eigenvalue weighted by Crippen LogP contribution is -2.44. The summed E-state index contributed by atoms with van der Waals surface area (Å²) >= 11 is 0. The summed E-state index contributed by atoms with van der Waals surface area (Å²) in [6, 6.07) is 9.13. The molecule has 116 valence electrons. The van der Waals surface area contributed by atoms with E-state index in [9.17, 15) is 4.39 Å². The first-order valence-corrected chi connectivity index (χ1v) is 7.65. The Morgan fingerprint density at radius 3 is 2.78 bits per heavy atom. The predicted octanol–water partition coefficient (Wildman–Crippen LogP) is 2.24. The van der Waals surface area contributed by atoms with Crippen molar-refractivity contribution in [3.05, 3.63) is 48.7 Å². The Hall–Kier alpha value is -2.60. The zero-order valence-electron chi connectivity index (χ0n) is 12.5. The molecule has 0 spiro atoms. The predicted molar refractivity (Wildman–Crippen MR) is 87.8 cm³/mol. The van der Waals surface area contributed by atoms with Crippen molar-refractivity contribution >= 4 is 16.9 Å². The molecule has 1 aliphatic heterocycles. The van der Waals surface area contributed by atoms with E-state index >= 15 is 0 Å². The molecule has 3 heterocycles. The van der Waals surface area contributed by atoms with Crippen molar-refractivity contribution in [3.63, 3.8) is 0 Å². The van der Waals surface area contributed by atoms with Crippen molar-refractivity contribution in [1.82, 2.24) is 20.3 Å². The quantitative estimate of drug-likeness (QED) is 0.736. The summed E-state index contributed by atoms with van der Waals surface area (Å²) in [5.41, 5.74) is 2.13. The van der Waals surface area contributed by atoms with E-state index in [0.29, 0.717) is 5.56 Å². The van der Waals surface area contributed by atoms with E-state index in [2.05, 4.69) is 25.2 Å². The summed E-state index contributed by atoms with van der Waals surface area (Å²) in [6.45, 7) is 3.70. The largest absolute Gasteiger partial charge is 0.338 e. The molecule has 0 unspecified atom stereocenters.